The summed E-state index contributed by atoms with van der Waals surface area (Å²) in [6, 6.07) is 4.25. The van der Waals surface area contributed by atoms with Crippen molar-refractivity contribution >= 4 is 28.2 Å². The first-order chi connectivity index (χ1) is 11.7. The molecule has 0 spiro atoms. The number of pyridine rings is 1. The van der Waals surface area contributed by atoms with Crippen LogP contribution >= 0.6 is 11.3 Å². The van der Waals surface area contributed by atoms with Gasteiger partial charge < -0.3 is 15.5 Å². The van der Waals surface area contributed by atoms with Crippen LogP contribution in [0.4, 0.5) is 10.9 Å². The number of aryl methyl sites for hydroxylation is 1. The molecule has 128 valence electrons. The summed E-state index contributed by atoms with van der Waals surface area (Å²) in [5.41, 5.74) is 1.08. The molecule has 2 aromatic rings. The second kappa shape index (κ2) is 8.21. The van der Waals surface area contributed by atoms with Gasteiger partial charge in [0.05, 0.1) is 0 Å². The molecule has 3 rings (SSSR count). The van der Waals surface area contributed by atoms with Gasteiger partial charge in [0.2, 0.25) is 5.91 Å². The topological polar surface area (TPSA) is 70.2 Å². The fraction of sp³-hybridized carbons (Fsp3) is 0.471. The molecule has 0 saturated carbocycles. The Balaban J connectivity index is 1.33. The minimum atomic E-state index is -0.000857. The van der Waals surface area contributed by atoms with Crippen molar-refractivity contribution in [3.05, 3.63) is 35.5 Å². The molecule has 0 aromatic carbocycles. The third kappa shape index (κ3) is 4.75. The molecule has 1 aliphatic heterocycles. The number of amides is 1. The Morgan fingerprint density at radius 2 is 2.17 bits per heavy atom. The number of nitrogens with one attached hydrogen (secondary N) is 2. The zero-order valence-electron chi connectivity index (χ0n) is 13.9. The molecule has 2 N–H and O–H groups in total. The first-order valence-corrected chi connectivity index (χ1v) is 9.19. The summed E-state index contributed by atoms with van der Waals surface area (Å²) in [4.78, 5) is 22.8. The Morgan fingerprint density at radius 3 is 2.83 bits per heavy atom. The number of thiazole rings is 1. The van der Waals surface area contributed by atoms with Gasteiger partial charge in [-0.05, 0) is 31.4 Å². The molecule has 0 radical (unpaired) electrons. The predicted octanol–water partition coefficient (Wildman–Crippen LogP) is 2.43. The number of rotatable bonds is 6. The fourth-order valence-corrected chi connectivity index (χ4v) is 3.48. The van der Waals surface area contributed by atoms with Crippen LogP contribution in [0.25, 0.3) is 0 Å². The first kappa shape index (κ1) is 16.9. The maximum Gasteiger partial charge on any atom is 0.226 e. The summed E-state index contributed by atoms with van der Waals surface area (Å²) in [5.74, 6) is 0.612. The van der Waals surface area contributed by atoms with Crippen molar-refractivity contribution in [2.24, 2.45) is 0 Å². The second-order valence-electron chi connectivity index (χ2n) is 6.05. The highest BCUT2D eigenvalue weighted by Gasteiger charge is 2.20. The van der Waals surface area contributed by atoms with Gasteiger partial charge in [-0.3, -0.25) is 4.79 Å². The third-order valence-electron chi connectivity index (χ3n) is 4.15. The van der Waals surface area contributed by atoms with Gasteiger partial charge in [-0.1, -0.05) is 6.07 Å². The van der Waals surface area contributed by atoms with Crippen LogP contribution in [0.3, 0.4) is 0 Å². The zero-order chi connectivity index (χ0) is 16.8. The molecule has 3 heterocycles. The molecule has 1 saturated heterocycles. The van der Waals surface area contributed by atoms with Crippen molar-refractivity contribution < 1.29 is 4.79 Å². The van der Waals surface area contributed by atoms with E-state index in [1.165, 1.54) is 0 Å². The molecular formula is C17H23N5OS. The Hall–Kier alpha value is -1.99. The van der Waals surface area contributed by atoms with Crippen molar-refractivity contribution in [3.8, 4) is 0 Å². The largest absolute Gasteiger partial charge is 0.348 e. The molecular weight excluding hydrogens is 322 g/mol. The molecule has 0 aliphatic carbocycles. The molecule has 0 unspecified atom stereocenters. The van der Waals surface area contributed by atoms with Crippen molar-refractivity contribution in [1.82, 2.24) is 15.3 Å². The Morgan fingerprint density at radius 1 is 1.33 bits per heavy atom. The normalized spacial score (nSPS) is 15.5. The van der Waals surface area contributed by atoms with E-state index in [4.69, 9.17) is 0 Å². The SMILES string of the molecule is Cc1ccc(NC(=O)CCNC2CCN(c3nccs3)CC2)nc1. The van der Waals surface area contributed by atoms with Crippen molar-refractivity contribution in [2.45, 2.75) is 32.2 Å². The van der Waals surface area contributed by atoms with Gasteiger partial charge >= 0.3 is 0 Å². The van der Waals surface area contributed by atoms with Crippen LogP contribution in [0.5, 0.6) is 0 Å². The number of aromatic nitrogens is 2. The molecule has 0 bridgehead atoms. The van der Waals surface area contributed by atoms with E-state index >= 15 is 0 Å². The number of nitrogens with zero attached hydrogens (tertiary/aromatic N) is 3. The lowest BCUT2D eigenvalue weighted by Gasteiger charge is -2.32. The molecule has 1 amide bonds. The molecule has 0 atom stereocenters. The zero-order valence-corrected chi connectivity index (χ0v) is 14.7. The van der Waals surface area contributed by atoms with E-state index < -0.39 is 0 Å². The van der Waals surface area contributed by atoms with E-state index in [1.54, 1.807) is 17.5 Å². The van der Waals surface area contributed by atoms with Crippen LogP contribution in [0.15, 0.2) is 29.9 Å². The van der Waals surface area contributed by atoms with E-state index in [0.29, 0.717) is 24.8 Å². The van der Waals surface area contributed by atoms with Gasteiger partial charge in [0.1, 0.15) is 5.82 Å². The highest BCUT2D eigenvalue weighted by molar-refractivity contribution is 7.13. The fourth-order valence-electron chi connectivity index (χ4n) is 2.78. The van der Waals surface area contributed by atoms with E-state index in [1.807, 2.05) is 30.6 Å². The molecule has 2 aromatic heterocycles. The predicted molar refractivity (Wildman–Crippen MR) is 97.6 cm³/mol. The lowest BCUT2D eigenvalue weighted by atomic mass is 10.1. The van der Waals surface area contributed by atoms with E-state index in [-0.39, 0.29) is 5.91 Å². The summed E-state index contributed by atoms with van der Waals surface area (Å²) in [6.07, 6.45) is 6.24. The summed E-state index contributed by atoms with van der Waals surface area (Å²) < 4.78 is 0. The second-order valence-corrected chi connectivity index (χ2v) is 6.92. The Kier molecular flexibility index (Phi) is 5.77. The Bertz CT molecular complexity index is 636. The summed E-state index contributed by atoms with van der Waals surface area (Å²) in [6.45, 7) is 4.71. The van der Waals surface area contributed by atoms with Crippen LogP contribution in [0.1, 0.15) is 24.8 Å². The number of piperidine rings is 1. The monoisotopic (exact) mass is 345 g/mol. The van der Waals surface area contributed by atoms with Gasteiger partial charge in [-0.15, -0.1) is 11.3 Å². The van der Waals surface area contributed by atoms with Gasteiger partial charge in [0.15, 0.2) is 5.13 Å². The quantitative estimate of drug-likeness (QED) is 0.841. The maximum atomic E-state index is 11.9. The highest BCUT2D eigenvalue weighted by Crippen LogP contribution is 2.21. The summed E-state index contributed by atoms with van der Waals surface area (Å²) in [7, 11) is 0. The number of carbonyl (C=O) groups excluding carboxylic acids is 1. The van der Waals surface area contributed by atoms with Gasteiger partial charge in [0, 0.05) is 49.9 Å². The molecule has 24 heavy (non-hydrogen) atoms. The number of carbonyl (C=O) groups is 1. The summed E-state index contributed by atoms with van der Waals surface area (Å²) in [5, 5.41) is 9.44. The molecule has 6 nitrogen and oxygen atoms in total. The average Bonchev–Trinajstić information content (AvgIpc) is 3.12. The lowest BCUT2D eigenvalue weighted by Crippen LogP contribution is -2.43. The standard InChI is InChI=1S/C17H23N5OS/c1-13-2-3-15(20-12-13)21-16(23)4-7-18-14-5-9-22(10-6-14)17-19-8-11-24-17/h2-3,8,11-12,14,18H,4-7,9-10H2,1H3,(H,20,21,23). The van der Waals surface area contributed by atoms with E-state index in [9.17, 15) is 4.79 Å². The lowest BCUT2D eigenvalue weighted by molar-refractivity contribution is -0.116. The van der Waals surface area contributed by atoms with Gasteiger partial charge in [-0.2, -0.15) is 0 Å². The van der Waals surface area contributed by atoms with Crippen molar-refractivity contribution in [2.75, 3.05) is 29.9 Å². The minimum Gasteiger partial charge on any atom is -0.348 e. The average molecular weight is 345 g/mol. The van der Waals surface area contributed by atoms with E-state index in [0.717, 1.165) is 36.6 Å². The first-order valence-electron chi connectivity index (χ1n) is 8.31. The van der Waals surface area contributed by atoms with Crippen LogP contribution in [-0.4, -0.2) is 41.6 Å². The number of hydrogen-bond donors (Lipinski definition) is 2. The summed E-state index contributed by atoms with van der Waals surface area (Å²) >= 11 is 1.69. The smallest absolute Gasteiger partial charge is 0.226 e. The van der Waals surface area contributed by atoms with Crippen molar-refractivity contribution in [1.29, 1.82) is 0 Å². The van der Waals surface area contributed by atoms with Crippen molar-refractivity contribution in [3.63, 3.8) is 0 Å². The van der Waals surface area contributed by atoms with Gasteiger partial charge in [0.25, 0.3) is 0 Å². The molecule has 1 aliphatic rings. The maximum absolute atomic E-state index is 11.9. The molecule has 7 heteroatoms. The van der Waals surface area contributed by atoms with Crippen LogP contribution in [-0.2, 0) is 4.79 Å². The number of hydrogen-bond acceptors (Lipinski definition) is 6. The van der Waals surface area contributed by atoms with Gasteiger partial charge in [-0.25, -0.2) is 9.97 Å². The molecule has 1 fully saturated rings. The number of anilines is 2. The Labute approximate surface area is 146 Å². The minimum absolute atomic E-state index is 0.000857. The van der Waals surface area contributed by atoms with Crippen LogP contribution in [0, 0.1) is 6.92 Å². The van der Waals surface area contributed by atoms with Crippen LogP contribution in [0.2, 0.25) is 0 Å². The highest BCUT2D eigenvalue weighted by atomic mass is 32.1. The van der Waals surface area contributed by atoms with E-state index in [2.05, 4.69) is 25.5 Å². The van der Waals surface area contributed by atoms with Crippen LogP contribution < -0.4 is 15.5 Å². The third-order valence-corrected chi connectivity index (χ3v) is 4.98.